The molecule has 25 heavy (non-hydrogen) atoms. The Labute approximate surface area is 146 Å². The van der Waals surface area contributed by atoms with Gasteiger partial charge in [-0.3, -0.25) is 14.4 Å². The van der Waals surface area contributed by atoms with Crippen LogP contribution >= 0.6 is 11.3 Å². The van der Waals surface area contributed by atoms with Crippen LogP contribution in [0.15, 0.2) is 41.2 Å². The van der Waals surface area contributed by atoms with Crippen LogP contribution in [-0.2, 0) is 9.53 Å². The number of esters is 1. The van der Waals surface area contributed by atoms with E-state index in [4.69, 9.17) is 4.74 Å². The molecule has 128 valence electrons. The van der Waals surface area contributed by atoms with Gasteiger partial charge in [-0.25, -0.2) is 0 Å². The summed E-state index contributed by atoms with van der Waals surface area (Å²) >= 11 is 0.963. The fourth-order valence-corrected chi connectivity index (χ4v) is 3.61. The molecule has 0 atom stereocenters. The summed E-state index contributed by atoms with van der Waals surface area (Å²) in [5, 5.41) is 14.3. The van der Waals surface area contributed by atoms with Gasteiger partial charge in [0.25, 0.3) is 5.91 Å². The largest absolute Gasteiger partial charge is 0.499 e. The molecule has 0 bridgehead atoms. The third kappa shape index (κ3) is 3.18. The number of benzene rings is 2. The van der Waals surface area contributed by atoms with Crippen LogP contribution in [0, 0.1) is 0 Å². The second kappa shape index (κ2) is 6.90. The molecule has 1 aromatic heterocycles. The molecule has 0 aliphatic rings. The van der Waals surface area contributed by atoms with E-state index in [1.807, 2.05) is 24.3 Å². The number of aromatic hydroxyl groups is 1. The Hall–Kier alpha value is -2.93. The molecule has 3 aromatic rings. The van der Waals surface area contributed by atoms with E-state index in [0.717, 1.165) is 22.1 Å². The van der Waals surface area contributed by atoms with E-state index in [9.17, 15) is 19.5 Å². The average molecular weight is 357 g/mol. The molecule has 3 rings (SSSR count). The smallest absolute Gasteiger partial charge is 0.325 e. The normalized spacial score (nSPS) is 10.8. The molecule has 2 aromatic carbocycles. The molecule has 0 unspecified atom stereocenters. The predicted octanol–water partition coefficient (Wildman–Crippen LogP) is 2.41. The monoisotopic (exact) mass is 357 g/mol. The summed E-state index contributed by atoms with van der Waals surface area (Å²) < 4.78 is 5.33. The van der Waals surface area contributed by atoms with Gasteiger partial charge in [0.2, 0.25) is 5.43 Å². The lowest BCUT2D eigenvalue weighted by Gasteiger charge is -2.08. The van der Waals surface area contributed by atoms with Gasteiger partial charge in [0, 0.05) is 10.1 Å². The number of fused-ring (bicyclic) bond motifs is 3. The van der Waals surface area contributed by atoms with Gasteiger partial charge < -0.3 is 15.2 Å². The number of amides is 1. The van der Waals surface area contributed by atoms with Crippen molar-refractivity contribution in [3.05, 3.63) is 52.2 Å². The van der Waals surface area contributed by atoms with Crippen LogP contribution in [0.4, 0.5) is 0 Å². The maximum absolute atomic E-state index is 12.7. The zero-order chi connectivity index (χ0) is 18.0. The van der Waals surface area contributed by atoms with E-state index >= 15 is 0 Å². The van der Waals surface area contributed by atoms with Crippen molar-refractivity contribution >= 4 is 44.1 Å². The number of hydrogen-bond acceptors (Lipinski definition) is 6. The van der Waals surface area contributed by atoms with Crippen LogP contribution in [0.5, 0.6) is 5.06 Å². The van der Waals surface area contributed by atoms with E-state index in [1.54, 1.807) is 19.1 Å². The zero-order valence-electron chi connectivity index (χ0n) is 13.4. The van der Waals surface area contributed by atoms with Gasteiger partial charge in [0.1, 0.15) is 12.1 Å². The minimum absolute atomic E-state index is 0.192. The summed E-state index contributed by atoms with van der Waals surface area (Å²) in [5.41, 5.74) is -0.935. The minimum Gasteiger partial charge on any atom is -0.499 e. The van der Waals surface area contributed by atoms with E-state index in [2.05, 4.69) is 5.32 Å². The summed E-state index contributed by atoms with van der Waals surface area (Å²) in [6, 6.07) is 10.9. The fourth-order valence-electron chi connectivity index (χ4n) is 2.56. The number of ether oxygens (including phenoxy) is 1. The van der Waals surface area contributed by atoms with Gasteiger partial charge in [0.15, 0.2) is 5.06 Å². The molecule has 6 nitrogen and oxygen atoms in total. The molecule has 2 N–H and O–H groups in total. The molecule has 0 radical (unpaired) electrons. The van der Waals surface area contributed by atoms with Crippen molar-refractivity contribution in [3.63, 3.8) is 0 Å². The van der Waals surface area contributed by atoms with Gasteiger partial charge >= 0.3 is 5.97 Å². The molecule has 0 aliphatic carbocycles. The third-order valence-corrected chi connectivity index (χ3v) is 4.73. The van der Waals surface area contributed by atoms with Crippen molar-refractivity contribution in [2.45, 2.75) is 6.92 Å². The highest BCUT2D eigenvalue weighted by atomic mass is 32.1. The molecular formula is C18H15NO5S. The summed E-state index contributed by atoms with van der Waals surface area (Å²) in [7, 11) is 0. The highest BCUT2D eigenvalue weighted by Gasteiger charge is 2.20. The van der Waals surface area contributed by atoms with Gasteiger partial charge in [-0.15, -0.1) is 0 Å². The average Bonchev–Trinajstić information content (AvgIpc) is 2.60. The Morgan fingerprint density at radius 3 is 2.68 bits per heavy atom. The molecule has 0 spiro atoms. The lowest BCUT2D eigenvalue weighted by Crippen LogP contribution is -2.33. The Bertz CT molecular complexity index is 1040. The quantitative estimate of drug-likeness (QED) is 0.552. The molecule has 0 saturated heterocycles. The van der Waals surface area contributed by atoms with Crippen LogP contribution in [0.3, 0.4) is 0 Å². The first-order valence-electron chi connectivity index (χ1n) is 7.64. The lowest BCUT2D eigenvalue weighted by molar-refractivity contribution is -0.141. The van der Waals surface area contributed by atoms with E-state index in [-0.39, 0.29) is 23.8 Å². The second-order valence-electron chi connectivity index (χ2n) is 5.26. The number of rotatable bonds is 4. The third-order valence-electron chi connectivity index (χ3n) is 3.69. The molecular weight excluding hydrogens is 342 g/mol. The van der Waals surface area contributed by atoms with Crippen LogP contribution in [0.2, 0.25) is 0 Å². The highest BCUT2D eigenvalue weighted by Crippen LogP contribution is 2.33. The van der Waals surface area contributed by atoms with Crippen molar-refractivity contribution in [2.24, 2.45) is 0 Å². The molecule has 0 fully saturated rings. The summed E-state index contributed by atoms with van der Waals surface area (Å²) in [4.78, 5) is 36.2. The van der Waals surface area contributed by atoms with Crippen LogP contribution in [0.1, 0.15) is 17.3 Å². The first-order chi connectivity index (χ1) is 12.0. The number of nitrogens with one attached hydrogen (secondary N) is 1. The number of carbonyl (C=O) groups excluding carboxylic acids is 2. The Kier molecular flexibility index (Phi) is 4.67. The molecule has 1 heterocycles. The standard InChI is InChI=1S/C18H15NO5S/c1-2-24-13(20)9-19-17(22)14-15(21)12-8-7-10-5-3-4-6-11(10)16(12)25-18(14)23/h3-8,23H,2,9H2,1H3,(H,19,22). The number of carbonyl (C=O) groups is 2. The SMILES string of the molecule is CCOC(=O)CNC(=O)c1c(O)sc2c(ccc3ccccc32)c1=O. The second-order valence-corrected chi connectivity index (χ2v) is 6.26. The Morgan fingerprint density at radius 2 is 1.92 bits per heavy atom. The number of hydrogen-bond donors (Lipinski definition) is 2. The predicted molar refractivity (Wildman–Crippen MR) is 96.2 cm³/mol. The minimum atomic E-state index is -0.804. The lowest BCUT2D eigenvalue weighted by atomic mass is 10.1. The van der Waals surface area contributed by atoms with Crippen molar-refractivity contribution in [1.82, 2.24) is 5.32 Å². The topological polar surface area (TPSA) is 92.7 Å². The fraction of sp³-hybridized carbons (Fsp3) is 0.167. The molecule has 7 heteroatoms. The molecule has 1 amide bonds. The maximum atomic E-state index is 12.7. The Balaban J connectivity index is 2.05. The van der Waals surface area contributed by atoms with Gasteiger partial charge in [0.05, 0.1) is 6.61 Å². The highest BCUT2D eigenvalue weighted by molar-refractivity contribution is 7.21. The maximum Gasteiger partial charge on any atom is 0.325 e. The summed E-state index contributed by atoms with van der Waals surface area (Å²) in [6.07, 6.45) is 0. The zero-order valence-corrected chi connectivity index (χ0v) is 14.2. The van der Waals surface area contributed by atoms with Crippen LogP contribution < -0.4 is 10.7 Å². The Morgan fingerprint density at radius 1 is 1.16 bits per heavy atom. The van der Waals surface area contributed by atoms with Crippen molar-refractivity contribution in [3.8, 4) is 5.06 Å². The van der Waals surface area contributed by atoms with Gasteiger partial charge in [-0.05, 0) is 23.8 Å². The van der Waals surface area contributed by atoms with Crippen molar-refractivity contribution in [2.75, 3.05) is 13.2 Å². The van der Waals surface area contributed by atoms with Crippen LogP contribution in [0.25, 0.3) is 20.9 Å². The van der Waals surface area contributed by atoms with Crippen molar-refractivity contribution < 1.29 is 19.4 Å². The summed E-state index contributed by atoms with van der Waals surface area (Å²) in [6.45, 7) is 1.47. The van der Waals surface area contributed by atoms with Gasteiger partial charge in [-0.2, -0.15) is 0 Å². The van der Waals surface area contributed by atoms with Crippen LogP contribution in [-0.4, -0.2) is 30.1 Å². The molecule has 0 saturated carbocycles. The van der Waals surface area contributed by atoms with E-state index in [0.29, 0.717) is 10.1 Å². The summed E-state index contributed by atoms with van der Waals surface area (Å²) in [5.74, 6) is -1.42. The first-order valence-corrected chi connectivity index (χ1v) is 8.46. The van der Waals surface area contributed by atoms with Gasteiger partial charge in [-0.1, -0.05) is 41.7 Å². The van der Waals surface area contributed by atoms with E-state index in [1.165, 1.54) is 0 Å². The van der Waals surface area contributed by atoms with E-state index < -0.39 is 17.3 Å². The van der Waals surface area contributed by atoms with Crippen molar-refractivity contribution in [1.29, 1.82) is 0 Å². The first kappa shape index (κ1) is 16.9. The molecule has 0 aliphatic heterocycles.